The SMILES string of the molecule is CC1(C)OC(=O)C(=Cc2cc(Cl)ccc2OCc2ccccc2F)C(=O)O1. The normalized spacial score (nSPS) is 15.8. The second-order valence-electron chi connectivity index (χ2n) is 6.30. The van der Waals surface area contributed by atoms with Crippen molar-refractivity contribution in [2.75, 3.05) is 0 Å². The summed E-state index contributed by atoms with van der Waals surface area (Å²) < 4.78 is 29.6. The van der Waals surface area contributed by atoms with Crippen LogP contribution in [-0.2, 0) is 25.7 Å². The second-order valence-corrected chi connectivity index (χ2v) is 6.74. The Morgan fingerprint density at radius 1 is 1.11 bits per heavy atom. The number of esters is 2. The zero-order valence-corrected chi connectivity index (χ0v) is 15.4. The molecule has 2 aromatic rings. The lowest BCUT2D eigenvalue weighted by atomic mass is 10.1. The van der Waals surface area contributed by atoms with E-state index < -0.39 is 23.5 Å². The maximum absolute atomic E-state index is 13.8. The highest BCUT2D eigenvalue weighted by Crippen LogP contribution is 2.29. The second kappa shape index (κ2) is 7.40. The van der Waals surface area contributed by atoms with Gasteiger partial charge < -0.3 is 14.2 Å². The van der Waals surface area contributed by atoms with Crippen LogP contribution in [0.4, 0.5) is 4.39 Å². The number of carbonyl (C=O) groups is 2. The van der Waals surface area contributed by atoms with Crippen LogP contribution in [0.2, 0.25) is 5.02 Å². The average molecular weight is 391 g/mol. The standard InChI is InChI=1S/C20H16ClFO5/c1-20(2)26-18(23)15(19(24)27-20)10-13-9-14(21)7-8-17(13)25-11-12-5-3-4-6-16(12)22/h3-10H,11H2,1-2H3. The van der Waals surface area contributed by atoms with E-state index in [1.807, 2.05) is 0 Å². The molecule has 0 amide bonds. The van der Waals surface area contributed by atoms with Crippen LogP contribution in [0.25, 0.3) is 6.08 Å². The average Bonchev–Trinajstić information content (AvgIpc) is 2.58. The van der Waals surface area contributed by atoms with Crippen molar-refractivity contribution < 1.29 is 28.2 Å². The summed E-state index contributed by atoms with van der Waals surface area (Å²) in [7, 11) is 0. The molecule has 0 aliphatic carbocycles. The first-order valence-electron chi connectivity index (χ1n) is 8.09. The largest absolute Gasteiger partial charge is 0.488 e. The highest BCUT2D eigenvalue weighted by atomic mass is 35.5. The van der Waals surface area contributed by atoms with Gasteiger partial charge in [0.15, 0.2) is 0 Å². The van der Waals surface area contributed by atoms with Crippen molar-refractivity contribution in [1.82, 2.24) is 0 Å². The molecule has 0 radical (unpaired) electrons. The molecular formula is C20H16ClFO5. The Bertz CT molecular complexity index is 914. The molecule has 0 saturated carbocycles. The van der Waals surface area contributed by atoms with Gasteiger partial charge in [-0.3, -0.25) is 0 Å². The molecule has 0 bridgehead atoms. The van der Waals surface area contributed by atoms with Gasteiger partial charge in [0, 0.05) is 30.0 Å². The molecule has 1 saturated heterocycles. The highest BCUT2D eigenvalue weighted by Gasteiger charge is 2.39. The van der Waals surface area contributed by atoms with Crippen LogP contribution in [0.15, 0.2) is 48.0 Å². The van der Waals surface area contributed by atoms with Gasteiger partial charge >= 0.3 is 11.9 Å². The van der Waals surface area contributed by atoms with Crippen LogP contribution in [0.3, 0.4) is 0 Å². The van der Waals surface area contributed by atoms with E-state index in [1.165, 1.54) is 32.1 Å². The zero-order valence-electron chi connectivity index (χ0n) is 14.6. The molecule has 27 heavy (non-hydrogen) atoms. The monoisotopic (exact) mass is 390 g/mol. The van der Waals surface area contributed by atoms with Gasteiger partial charge in [0.25, 0.3) is 5.79 Å². The van der Waals surface area contributed by atoms with Crippen LogP contribution in [0.1, 0.15) is 25.0 Å². The molecule has 1 aliphatic rings. The molecule has 140 valence electrons. The van der Waals surface area contributed by atoms with Gasteiger partial charge in [0.2, 0.25) is 0 Å². The van der Waals surface area contributed by atoms with Crippen LogP contribution < -0.4 is 4.74 Å². The van der Waals surface area contributed by atoms with Crippen molar-refractivity contribution in [2.24, 2.45) is 0 Å². The number of hydrogen-bond donors (Lipinski definition) is 0. The van der Waals surface area contributed by atoms with Gasteiger partial charge in [-0.15, -0.1) is 0 Å². The van der Waals surface area contributed by atoms with Gasteiger partial charge in [0.05, 0.1) is 0 Å². The lowest BCUT2D eigenvalue weighted by Gasteiger charge is -2.29. The van der Waals surface area contributed by atoms with Crippen molar-refractivity contribution in [3.63, 3.8) is 0 Å². The Balaban J connectivity index is 1.89. The van der Waals surface area contributed by atoms with Crippen LogP contribution in [-0.4, -0.2) is 17.7 Å². The molecule has 0 atom stereocenters. The van der Waals surface area contributed by atoms with Gasteiger partial charge in [-0.2, -0.15) is 0 Å². The maximum Gasteiger partial charge on any atom is 0.348 e. The van der Waals surface area contributed by atoms with Crippen molar-refractivity contribution in [1.29, 1.82) is 0 Å². The van der Waals surface area contributed by atoms with E-state index in [0.29, 0.717) is 21.9 Å². The molecule has 2 aromatic carbocycles. The number of benzene rings is 2. The summed E-state index contributed by atoms with van der Waals surface area (Å²) in [5, 5.41) is 0.373. The fraction of sp³-hybridized carbons (Fsp3) is 0.200. The van der Waals surface area contributed by atoms with Crippen LogP contribution >= 0.6 is 11.6 Å². The predicted octanol–water partition coefficient (Wildman–Crippen LogP) is 4.28. The third kappa shape index (κ3) is 4.46. The third-order valence-corrected chi connectivity index (χ3v) is 3.96. The first-order valence-corrected chi connectivity index (χ1v) is 8.47. The molecule has 7 heteroatoms. The summed E-state index contributed by atoms with van der Waals surface area (Å²) in [6, 6.07) is 10.9. The van der Waals surface area contributed by atoms with Crippen molar-refractivity contribution in [3.05, 3.63) is 70.0 Å². The molecule has 1 fully saturated rings. The Hall–Kier alpha value is -2.86. The minimum atomic E-state index is -1.33. The van der Waals surface area contributed by atoms with Gasteiger partial charge in [0.1, 0.15) is 23.7 Å². The molecule has 0 N–H and O–H groups in total. The number of carbonyl (C=O) groups excluding carboxylic acids is 2. The lowest BCUT2D eigenvalue weighted by Crippen LogP contribution is -2.41. The summed E-state index contributed by atoms with van der Waals surface area (Å²) in [6.45, 7) is 2.89. The summed E-state index contributed by atoms with van der Waals surface area (Å²) in [5.74, 6) is -3.02. The van der Waals surface area contributed by atoms with Gasteiger partial charge in [-0.05, 0) is 30.3 Å². The number of rotatable bonds is 4. The third-order valence-electron chi connectivity index (χ3n) is 3.73. The Labute approximate surface area is 160 Å². The number of ether oxygens (including phenoxy) is 3. The van der Waals surface area contributed by atoms with E-state index in [0.717, 1.165) is 0 Å². The fourth-order valence-corrected chi connectivity index (χ4v) is 2.65. The number of halogens is 2. The highest BCUT2D eigenvalue weighted by molar-refractivity contribution is 6.30. The molecule has 1 aliphatic heterocycles. The van der Waals surface area contributed by atoms with E-state index >= 15 is 0 Å². The smallest absolute Gasteiger partial charge is 0.348 e. The summed E-state index contributed by atoms with van der Waals surface area (Å²) in [5.41, 5.74) is 0.444. The Morgan fingerprint density at radius 2 is 1.78 bits per heavy atom. The van der Waals surface area contributed by atoms with E-state index in [9.17, 15) is 14.0 Å². The minimum absolute atomic E-state index is 0.0353. The summed E-state index contributed by atoms with van der Waals surface area (Å²) >= 11 is 6.02. The summed E-state index contributed by atoms with van der Waals surface area (Å²) in [6.07, 6.45) is 1.28. The lowest BCUT2D eigenvalue weighted by molar-refractivity contribution is -0.222. The quantitative estimate of drug-likeness (QED) is 0.443. The van der Waals surface area contributed by atoms with Crippen molar-refractivity contribution >= 4 is 29.6 Å². The van der Waals surface area contributed by atoms with Gasteiger partial charge in [-0.1, -0.05) is 29.8 Å². The maximum atomic E-state index is 13.8. The van der Waals surface area contributed by atoms with Crippen molar-refractivity contribution in [2.45, 2.75) is 26.2 Å². The molecule has 5 nitrogen and oxygen atoms in total. The zero-order chi connectivity index (χ0) is 19.6. The number of hydrogen-bond acceptors (Lipinski definition) is 5. The molecular weight excluding hydrogens is 375 g/mol. The topological polar surface area (TPSA) is 61.8 Å². The van der Waals surface area contributed by atoms with Gasteiger partial charge in [-0.25, -0.2) is 14.0 Å². The minimum Gasteiger partial charge on any atom is -0.488 e. The predicted molar refractivity (Wildman–Crippen MR) is 96.4 cm³/mol. The molecule has 0 spiro atoms. The summed E-state index contributed by atoms with van der Waals surface area (Å²) in [4.78, 5) is 24.3. The molecule has 3 rings (SSSR count). The fourth-order valence-electron chi connectivity index (χ4n) is 2.47. The Morgan fingerprint density at radius 3 is 2.44 bits per heavy atom. The van der Waals surface area contributed by atoms with Crippen LogP contribution in [0, 0.1) is 5.82 Å². The molecule has 1 heterocycles. The Kier molecular flexibility index (Phi) is 5.19. The first-order chi connectivity index (χ1) is 12.7. The molecule has 0 aromatic heterocycles. The van der Waals surface area contributed by atoms with E-state index in [4.69, 9.17) is 25.8 Å². The van der Waals surface area contributed by atoms with Crippen molar-refractivity contribution in [3.8, 4) is 5.75 Å². The number of cyclic esters (lactones) is 2. The van der Waals surface area contributed by atoms with E-state index in [1.54, 1.807) is 30.3 Å². The molecule has 0 unspecified atom stereocenters. The first kappa shape index (κ1) is 18.9. The van der Waals surface area contributed by atoms with E-state index in [-0.39, 0.29) is 12.2 Å². The van der Waals surface area contributed by atoms with Crippen LogP contribution in [0.5, 0.6) is 5.75 Å². The van der Waals surface area contributed by atoms with E-state index in [2.05, 4.69) is 0 Å².